The van der Waals surface area contributed by atoms with Crippen LogP contribution in [0.1, 0.15) is 30.1 Å². The van der Waals surface area contributed by atoms with E-state index in [0.717, 1.165) is 45.6 Å². The van der Waals surface area contributed by atoms with Crippen LogP contribution >= 0.6 is 0 Å². The topological polar surface area (TPSA) is 78.7 Å². The molecule has 1 N–H and O–H groups in total. The van der Waals surface area contributed by atoms with Crippen LogP contribution in [0.15, 0.2) is 18.2 Å². The summed E-state index contributed by atoms with van der Waals surface area (Å²) in [7, 11) is 2.14. The molecule has 1 heterocycles. The molecule has 132 valence electrons. The molecule has 1 aromatic rings. The molecule has 7 heteroatoms. The molecule has 7 nitrogen and oxygen atoms in total. The number of ketones is 1. The zero-order valence-electron chi connectivity index (χ0n) is 14.5. The Morgan fingerprint density at radius 3 is 2.58 bits per heavy atom. The first-order valence-corrected chi connectivity index (χ1v) is 8.41. The number of nitrogens with zero attached hydrogens (tertiary/aromatic N) is 3. The molecule has 1 fully saturated rings. The number of unbranched alkanes of at least 4 members (excludes halogenated alkanes) is 1. The maximum atomic E-state index is 11.4. The van der Waals surface area contributed by atoms with Gasteiger partial charge in [0.25, 0.3) is 5.69 Å². The molecule has 1 aliphatic heterocycles. The van der Waals surface area contributed by atoms with E-state index in [0.29, 0.717) is 17.8 Å². The summed E-state index contributed by atoms with van der Waals surface area (Å²) in [6.07, 6.45) is 2.02. The van der Waals surface area contributed by atoms with Gasteiger partial charge in [0.1, 0.15) is 5.69 Å². The number of nitro groups is 1. The molecule has 0 unspecified atom stereocenters. The molecule has 0 spiro atoms. The molecule has 24 heavy (non-hydrogen) atoms. The van der Waals surface area contributed by atoms with E-state index in [4.69, 9.17) is 0 Å². The molecule has 0 atom stereocenters. The van der Waals surface area contributed by atoms with Crippen molar-refractivity contribution >= 4 is 17.2 Å². The van der Waals surface area contributed by atoms with Crippen LogP contribution in [0.3, 0.4) is 0 Å². The molecule has 0 aromatic heterocycles. The van der Waals surface area contributed by atoms with Crippen molar-refractivity contribution in [1.82, 2.24) is 9.80 Å². The summed E-state index contributed by atoms with van der Waals surface area (Å²) < 4.78 is 0. The summed E-state index contributed by atoms with van der Waals surface area (Å²) in [4.78, 5) is 26.9. The van der Waals surface area contributed by atoms with Gasteiger partial charge in [0.2, 0.25) is 0 Å². The molecule has 1 aromatic carbocycles. The lowest BCUT2D eigenvalue weighted by atomic mass is 10.1. The van der Waals surface area contributed by atoms with Gasteiger partial charge < -0.3 is 15.1 Å². The quantitative estimate of drug-likeness (QED) is 0.340. The predicted molar refractivity (Wildman–Crippen MR) is 94.8 cm³/mol. The molecule has 0 radical (unpaired) electrons. The van der Waals surface area contributed by atoms with Crippen LogP contribution in [0.25, 0.3) is 0 Å². The minimum Gasteiger partial charge on any atom is -0.379 e. The number of likely N-dealkylation sites (N-methyl/N-ethyl adjacent to an activating group) is 1. The van der Waals surface area contributed by atoms with Crippen LogP contribution in [0.5, 0.6) is 0 Å². The van der Waals surface area contributed by atoms with Crippen LogP contribution in [-0.4, -0.2) is 66.8 Å². The Bertz CT molecular complexity index is 583. The fourth-order valence-electron chi connectivity index (χ4n) is 2.81. The second kappa shape index (κ2) is 8.75. The van der Waals surface area contributed by atoms with E-state index < -0.39 is 4.92 Å². The van der Waals surface area contributed by atoms with Crippen molar-refractivity contribution < 1.29 is 9.72 Å². The van der Waals surface area contributed by atoms with Gasteiger partial charge in [-0.15, -0.1) is 0 Å². The van der Waals surface area contributed by atoms with E-state index in [-0.39, 0.29) is 11.5 Å². The number of Topliss-reactive ketones (excluding diaryl/α,β-unsaturated/α-hetero) is 1. The lowest BCUT2D eigenvalue weighted by Gasteiger charge is -2.32. The van der Waals surface area contributed by atoms with Gasteiger partial charge in [-0.2, -0.15) is 0 Å². The Morgan fingerprint density at radius 2 is 1.96 bits per heavy atom. The average Bonchev–Trinajstić information content (AvgIpc) is 2.56. The number of nitrogens with one attached hydrogen (secondary N) is 1. The van der Waals surface area contributed by atoms with Gasteiger partial charge in [-0.05, 0) is 45.5 Å². The highest BCUT2D eigenvalue weighted by molar-refractivity contribution is 5.95. The number of anilines is 1. The Hall–Kier alpha value is -1.99. The summed E-state index contributed by atoms with van der Waals surface area (Å²) in [5, 5.41) is 14.3. The molecule has 0 aliphatic carbocycles. The maximum absolute atomic E-state index is 11.4. The first-order chi connectivity index (χ1) is 11.5. The second-order valence-corrected chi connectivity index (χ2v) is 6.32. The highest BCUT2D eigenvalue weighted by atomic mass is 16.6. The van der Waals surface area contributed by atoms with E-state index >= 15 is 0 Å². The van der Waals surface area contributed by atoms with Gasteiger partial charge in [0.15, 0.2) is 5.78 Å². The molecular weight excluding hydrogens is 308 g/mol. The summed E-state index contributed by atoms with van der Waals surface area (Å²) in [6, 6.07) is 4.59. The summed E-state index contributed by atoms with van der Waals surface area (Å²) in [6.45, 7) is 7.63. The van der Waals surface area contributed by atoms with Crippen LogP contribution in [0.4, 0.5) is 11.4 Å². The number of hydrogen-bond donors (Lipinski definition) is 1. The van der Waals surface area contributed by atoms with Crippen molar-refractivity contribution in [2.24, 2.45) is 0 Å². The number of benzene rings is 1. The monoisotopic (exact) mass is 334 g/mol. The normalized spacial score (nSPS) is 16.1. The minimum absolute atomic E-state index is 0.0400. The number of nitro benzene ring substituents is 1. The molecule has 0 amide bonds. The van der Waals surface area contributed by atoms with E-state index in [1.807, 2.05) is 0 Å². The van der Waals surface area contributed by atoms with Gasteiger partial charge in [-0.25, -0.2) is 0 Å². The van der Waals surface area contributed by atoms with Gasteiger partial charge in [0.05, 0.1) is 4.92 Å². The lowest BCUT2D eigenvalue weighted by molar-refractivity contribution is -0.384. The number of carbonyl (C=O) groups excluding carboxylic acids is 1. The van der Waals surface area contributed by atoms with Gasteiger partial charge >= 0.3 is 0 Å². The van der Waals surface area contributed by atoms with E-state index in [2.05, 4.69) is 22.2 Å². The van der Waals surface area contributed by atoms with E-state index in [9.17, 15) is 14.9 Å². The van der Waals surface area contributed by atoms with Crippen molar-refractivity contribution in [3.63, 3.8) is 0 Å². The highest BCUT2D eigenvalue weighted by Gasteiger charge is 2.16. The van der Waals surface area contributed by atoms with Crippen LogP contribution in [-0.2, 0) is 0 Å². The molecule has 1 aliphatic rings. The van der Waals surface area contributed by atoms with Crippen molar-refractivity contribution in [2.45, 2.75) is 19.8 Å². The van der Waals surface area contributed by atoms with Gasteiger partial charge in [-0.3, -0.25) is 14.9 Å². The Balaban J connectivity index is 1.77. The first kappa shape index (κ1) is 18.4. The Labute approximate surface area is 142 Å². The van der Waals surface area contributed by atoms with Gasteiger partial charge in [-0.1, -0.05) is 0 Å². The number of piperazine rings is 1. The fraction of sp³-hybridized carbons (Fsp3) is 0.588. The summed E-state index contributed by atoms with van der Waals surface area (Å²) >= 11 is 0. The molecule has 0 saturated carbocycles. The third-order valence-electron chi connectivity index (χ3n) is 4.41. The molecular formula is C17H26N4O3. The molecule has 1 saturated heterocycles. The van der Waals surface area contributed by atoms with Crippen LogP contribution in [0, 0.1) is 10.1 Å². The SMILES string of the molecule is CC(=O)c1ccc(NCCCCN2CCN(C)CC2)c([N+](=O)[O-])c1. The smallest absolute Gasteiger partial charge is 0.293 e. The third-order valence-corrected chi connectivity index (χ3v) is 4.41. The first-order valence-electron chi connectivity index (χ1n) is 8.41. The van der Waals surface area contributed by atoms with Crippen LogP contribution in [0.2, 0.25) is 0 Å². The molecule has 2 rings (SSSR count). The molecule has 0 bridgehead atoms. The largest absolute Gasteiger partial charge is 0.379 e. The average molecular weight is 334 g/mol. The minimum atomic E-state index is -0.445. The summed E-state index contributed by atoms with van der Waals surface area (Å²) in [5.74, 6) is -0.170. The Kier molecular flexibility index (Phi) is 6.69. The Morgan fingerprint density at radius 1 is 1.25 bits per heavy atom. The standard InChI is InChI=1S/C17H26N4O3/c1-14(22)15-5-6-16(17(13-15)21(23)24)18-7-3-4-8-20-11-9-19(2)10-12-20/h5-6,13,18H,3-4,7-12H2,1-2H3. The van der Waals surface area contributed by atoms with Crippen LogP contribution < -0.4 is 5.32 Å². The zero-order valence-corrected chi connectivity index (χ0v) is 14.5. The highest BCUT2D eigenvalue weighted by Crippen LogP contribution is 2.25. The number of carbonyl (C=O) groups is 1. The number of rotatable bonds is 8. The van der Waals surface area contributed by atoms with E-state index in [1.165, 1.54) is 13.0 Å². The predicted octanol–water partition coefficient (Wildman–Crippen LogP) is 2.24. The maximum Gasteiger partial charge on any atom is 0.293 e. The number of hydrogen-bond acceptors (Lipinski definition) is 6. The van der Waals surface area contributed by atoms with Crippen molar-refractivity contribution in [1.29, 1.82) is 0 Å². The summed E-state index contributed by atoms with van der Waals surface area (Å²) in [5.41, 5.74) is 0.800. The van der Waals surface area contributed by atoms with Gasteiger partial charge in [0, 0.05) is 44.4 Å². The lowest BCUT2D eigenvalue weighted by Crippen LogP contribution is -2.44. The van der Waals surface area contributed by atoms with Crippen molar-refractivity contribution in [3.05, 3.63) is 33.9 Å². The third kappa shape index (κ3) is 5.28. The second-order valence-electron chi connectivity index (χ2n) is 6.32. The van der Waals surface area contributed by atoms with Crippen molar-refractivity contribution in [2.75, 3.05) is 51.6 Å². The zero-order chi connectivity index (χ0) is 17.5. The fourth-order valence-corrected chi connectivity index (χ4v) is 2.81. The van der Waals surface area contributed by atoms with E-state index in [1.54, 1.807) is 12.1 Å². The van der Waals surface area contributed by atoms with Crippen molar-refractivity contribution in [3.8, 4) is 0 Å².